The standard InChI is InChI=1S/C16H22N6OS/c1-11-17-10-12-4-9-23-16(13(12)18-11)5-7-22(8-6-16)15-19-14(20-24-15)21(2)3/h10H,4-9H2,1-3H3. The molecule has 0 radical (unpaired) electrons. The van der Waals surface area contributed by atoms with E-state index in [9.17, 15) is 0 Å². The van der Waals surface area contributed by atoms with Crippen LogP contribution in [0.2, 0.25) is 0 Å². The highest BCUT2D eigenvalue weighted by molar-refractivity contribution is 7.09. The summed E-state index contributed by atoms with van der Waals surface area (Å²) < 4.78 is 10.7. The van der Waals surface area contributed by atoms with Crippen molar-refractivity contribution in [3.63, 3.8) is 0 Å². The first-order valence-corrected chi connectivity index (χ1v) is 9.08. The number of aryl methyl sites for hydroxylation is 1. The van der Waals surface area contributed by atoms with Crippen molar-refractivity contribution in [3.05, 3.63) is 23.3 Å². The van der Waals surface area contributed by atoms with Gasteiger partial charge in [-0.05, 0) is 31.7 Å². The van der Waals surface area contributed by atoms with Crippen LogP contribution in [0.3, 0.4) is 0 Å². The predicted molar refractivity (Wildman–Crippen MR) is 93.8 cm³/mol. The molecule has 1 saturated heterocycles. The van der Waals surface area contributed by atoms with E-state index in [1.807, 2.05) is 32.1 Å². The number of rotatable bonds is 2. The Hall–Kier alpha value is -1.80. The second kappa shape index (κ2) is 5.93. The summed E-state index contributed by atoms with van der Waals surface area (Å²) in [4.78, 5) is 17.9. The van der Waals surface area contributed by atoms with Crippen molar-refractivity contribution in [2.75, 3.05) is 43.6 Å². The van der Waals surface area contributed by atoms with Crippen LogP contribution >= 0.6 is 11.5 Å². The smallest absolute Gasteiger partial charge is 0.238 e. The molecule has 2 aromatic heterocycles. The van der Waals surface area contributed by atoms with Gasteiger partial charge in [-0.3, -0.25) is 0 Å². The molecule has 0 saturated carbocycles. The summed E-state index contributed by atoms with van der Waals surface area (Å²) in [6.45, 7) is 4.51. The quantitative estimate of drug-likeness (QED) is 0.821. The summed E-state index contributed by atoms with van der Waals surface area (Å²) in [7, 11) is 3.93. The maximum atomic E-state index is 6.26. The van der Waals surface area contributed by atoms with Crippen LogP contribution < -0.4 is 9.80 Å². The molecule has 0 atom stereocenters. The summed E-state index contributed by atoms with van der Waals surface area (Å²) in [5.41, 5.74) is 2.09. The van der Waals surface area contributed by atoms with Crippen molar-refractivity contribution in [1.29, 1.82) is 0 Å². The van der Waals surface area contributed by atoms with Crippen molar-refractivity contribution in [2.24, 2.45) is 0 Å². The second-order valence-corrected chi connectivity index (χ2v) is 7.37. The predicted octanol–water partition coefficient (Wildman–Crippen LogP) is 1.77. The van der Waals surface area contributed by atoms with Gasteiger partial charge in [0.15, 0.2) is 0 Å². The Morgan fingerprint density at radius 1 is 1.25 bits per heavy atom. The maximum absolute atomic E-state index is 6.26. The number of ether oxygens (including phenoxy) is 1. The summed E-state index contributed by atoms with van der Waals surface area (Å²) >= 11 is 1.46. The van der Waals surface area contributed by atoms with E-state index in [1.54, 1.807) is 0 Å². The monoisotopic (exact) mass is 346 g/mol. The highest BCUT2D eigenvalue weighted by Gasteiger charge is 2.42. The van der Waals surface area contributed by atoms with Gasteiger partial charge in [0.2, 0.25) is 11.1 Å². The van der Waals surface area contributed by atoms with Gasteiger partial charge < -0.3 is 14.5 Å². The molecule has 2 aliphatic rings. The van der Waals surface area contributed by atoms with Crippen molar-refractivity contribution in [3.8, 4) is 0 Å². The van der Waals surface area contributed by atoms with Gasteiger partial charge in [-0.2, -0.15) is 9.36 Å². The Morgan fingerprint density at radius 3 is 2.75 bits per heavy atom. The normalized spacial score (nSPS) is 19.4. The lowest BCUT2D eigenvalue weighted by molar-refractivity contribution is -0.0803. The number of hydrogen-bond donors (Lipinski definition) is 0. The Kier molecular flexibility index (Phi) is 3.88. The third-order valence-electron chi connectivity index (χ3n) is 4.81. The summed E-state index contributed by atoms with van der Waals surface area (Å²) in [5, 5.41) is 0.989. The van der Waals surface area contributed by atoms with E-state index < -0.39 is 0 Å². The molecule has 0 bridgehead atoms. The Bertz CT molecular complexity index is 738. The van der Waals surface area contributed by atoms with Crippen LogP contribution in [-0.2, 0) is 16.8 Å². The third-order valence-corrected chi connectivity index (χ3v) is 5.58. The fourth-order valence-corrected chi connectivity index (χ4v) is 4.24. The van der Waals surface area contributed by atoms with Crippen LogP contribution in [0.15, 0.2) is 6.20 Å². The third kappa shape index (κ3) is 2.63. The van der Waals surface area contributed by atoms with E-state index in [4.69, 9.17) is 9.72 Å². The largest absolute Gasteiger partial charge is 0.368 e. The van der Waals surface area contributed by atoms with Crippen LogP contribution in [0.25, 0.3) is 0 Å². The highest BCUT2D eigenvalue weighted by Crippen LogP contribution is 2.41. The molecule has 2 aliphatic heterocycles. The molecule has 7 nitrogen and oxygen atoms in total. The van der Waals surface area contributed by atoms with Gasteiger partial charge in [-0.15, -0.1) is 0 Å². The van der Waals surface area contributed by atoms with E-state index in [0.717, 1.165) is 61.6 Å². The topological polar surface area (TPSA) is 67.3 Å². The molecule has 24 heavy (non-hydrogen) atoms. The van der Waals surface area contributed by atoms with Gasteiger partial charge in [0.1, 0.15) is 11.4 Å². The number of hydrogen-bond acceptors (Lipinski definition) is 8. The molecule has 1 fully saturated rings. The fraction of sp³-hybridized carbons (Fsp3) is 0.625. The number of piperidine rings is 1. The number of anilines is 2. The molecule has 128 valence electrons. The number of aromatic nitrogens is 4. The molecule has 4 rings (SSSR count). The molecule has 0 aromatic carbocycles. The van der Waals surface area contributed by atoms with Crippen LogP contribution in [-0.4, -0.2) is 53.1 Å². The van der Waals surface area contributed by atoms with E-state index >= 15 is 0 Å². The molecule has 0 amide bonds. The minimum absolute atomic E-state index is 0.257. The van der Waals surface area contributed by atoms with Crippen LogP contribution in [0.1, 0.15) is 29.9 Å². The minimum atomic E-state index is -0.257. The molecule has 8 heteroatoms. The van der Waals surface area contributed by atoms with Gasteiger partial charge in [0.25, 0.3) is 0 Å². The fourth-order valence-electron chi connectivity index (χ4n) is 3.46. The molecule has 2 aromatic rings. The lowest BCUT2D eigenvalue weighted by Crippen LogP contribution is -2.47. The van der Waals surface area contributed by atoms with Crippen molar-refractivity contribution in [1.82, 2.24) is 19.3 Å². The van der Waals surface area contributed by atoms with E-state index in [1.165, 1.54) is 17.1 Å². The lowest BCUT2D eigenvalue weighted by Gasteiger charge is -2.43. The Balaban J connectivity index is 1.55. The summed E-state index contributed by atoms with van der Waals surface area (Å²) in [5.74, 6) is 1.60. The molecular formula is C16H22N6OS. The number of nitrogens with zero attached hydrogens (tertiary/aromatic N) is 6. The zero-order chi connectivity index (χ0) is 16.7. The number of fused-ring (bicyclic) bond motifs is 2. The zero-order valence-corrected chi connectivity index (χ0v) is 15.1. The van der Waals surface area contributed by atoms with Gasteiger partial charge >= 0.3 is 0 Å². The first-order chi connectivity index (χ1) is 11.6. The van der Waals surface area contributed by atoms with E-state index in [-0.39, 0.29) is 5.60 Å². The van der Waals surface area contributed by atoms with Gasteiger partial charge in [0, 0.05) is 44.9 Å². The van der Waals surface area contributed by atoms with Gasteiger partial charge in [-0.25, -0.2) is 9.97 Å². The van der Waals surface area contributed by atoms with Crippen LogP contribution in [0.4, 0.5) is 11.1 Å². The van der Waals surface area contributed by atoms with Crippen molar-refractivity contribution in [2.45, 2.75) is 31.8 Å². The lowest BCUT2D eigenvalue weighted by atomic mass is 9.83. The molecule has 0 aliphatic carbocycles. The molecule has 0 unspecified atom stereocenters. The van der Waals surface area contributed by atoms with Gasteiger partial charge in [-0.1, -0.05) is 0 Å². The average molecular weight is 346 g/mol. The molecule has 1 spiro atoms. The first-order valence-electron chi connectivity index (χ1n) is 8.30. The SMILES string of the molecule is Cc1ncc2c(n1)C1(CCN(c3nc(N(C)C)ns3)CC1)OCC2. The Morgan fingerprint density at radius 2 is 2.04 bits per heavy atom. The molecule has 0 N–H and O–H groups in total. The Labute approximate surface area is 145 Å². The van der Waals surface area contributed by atoms with E-state index in [0.29, 0.717) is 0 Å². The van der Waals surface area contributed by atoms with Crippen LogP contribution in [0, 0.1) is 6.92 Å². The van der Waals surface area contributed by atoms with Gasteiger partial charge in [0.05, 0.1) is 12.3 Å². The van der Waals surface area contributed by atoms with Crippen molar-refractivity contribution < 1.29 is 4.74 Å². The van der Waals surface area contributed by atoms with Crippen LogP contribution in [0.5, 0.6) is 0 Å². The average Bonchev–Trinajstić information content (AvgIpc) is 3.07. The minimum Gasteiger partial charge on any atom is -0.368 e. The summed E-state index contributed by atoms with van der Waals surface area (Å²) in [6, 6.07) is 0. The highest BCUT2D eigenvalue weighted by atomic mass is 32.1. The summed E-state index contributed by atoms with van der Waals surface area (Å²) in [6.07, 6.45) is 4.73. The van der Waals surface area contributed by atoms with E-state index in [2.05, 4.69) is 19.2 Å². The zero-order valence-electron chi connectivity index (χ0n) is 14.3. The molecular weight excluding hydrogens is 324 g/mol. The maximum Gasteiger partial charge on any atom is 0.238 e. The first kappa shape index (κ1) is 15.7. The second-order valence-electron chi connectivity index (χ2n) is 6.64. The molecule has 4 heterocycles. The van der Waals surface area contributed by atoms with Crippen molar-refractivity contribution >= 4 is 22.6 Å².